The van der Waals surface area contributed by atoms with E-state index in [1.165, 1.54) is 7.05 Å². The summed E-state index contributed by atoms with van der Waals surface area (Å²) in [4.78, 5) is 24.6. The van der Waals surface area contributed by atoms with Crippen LogP contribution in [0.1, 0.15) is 0 Å². The summed E-state index contributed by atoms with van der Waals surface area (Å²) in [6.07, 6.45) is 0.799. The lowest BCUT2D eigenvalue weighted by Crippen LogP contribution is -2.49. The van der Waals surface area contributed by atoms with Crippen molar-refractivity contribution in [1.29, 1.82) is 0 Å². The minimum Gasteiger partial charge on any atom is -0.275 e. The van der Waals surface area contributed by atoms with Gasteiger partial charge in [-0.3, -0.25) is 10.1 Å². The number of rotatable bonds is 2. The van der Waals surface area contributed by atoms with E-state index in [0.717, 1.165) is 6.21 Å². The third-order valence-electron chi connectivity index (χ3n) is 1.43. The van der Waals surface area contributed by atoms with Crippen LogP contribution in [0.4, 0.5) is 4.79 Å². The van der Waals surface area contributed by atoms with Crippen molar-refractivity contribution in [3.05, 3.63) is 0 Å². The average Bonchev–Trinajstić information content (AvgIpc) is 2.03. The van der Waals surface area contributed by atoms with Gasteiger partial charge >= 0.3 is 6.03 Å². The van der Waals surface area contributed by atoms with E-state index in [1.807, 2.05) is 4.72 Å². The minimum absolute atomic E-state index is 0.799. The molecule has 13 heavy (non-hydrogen) atoms. The van der Waals surface area contributed by atoms with Crippen LogP contribution in [-0.2, 0) is 14.8 Å². The summed E-state index contributed by atoms with van der Waals surface area (Å²) in [6.45, 7) is 0. The SMILES string of the molecule is CNS(=O)(=O)C1C=NC(=O)NC1=O. The van der Waals surface area contributed by atoms with Gasteiger partial charge < -0.3 is 0 Å². The molecule has 3 amide bonds. The van der Waals surface area contributed by atoms with Gasteiger partial charge in [0.2, 0.25) is 10.0 Å². The van der Waals surface area contributed by atoms with Crippen molar-refractivity contribution in [3.8, 4) is 0 Å². The number of nitrogens with one attached hydrogen (secondary N) is 2. The summed E-state index contributed by atoms with van der Waals surface area (Å²) >= 11 is 0. The van der Waals surface area contributed by atoms with Crippen LogP contribution in [0.3, 0.4) is 0 Å². The van der Waals surface area contributed by atoms with Crippen molar-refractivity contribution < 1.29 is 18.0 Å². The molecule has 0 aromatic heterocycles. The molecule has 0 bridgehead atoms. The number of sulfonamides is 1. The van der Waals surface area contributed by atoms with Gasteiger partial charge in [-0.05, 0) is 7.05 Å². The molecule has 1 heterocycles. The maximum Gasteiger partial charge on any atom is 0.347 e. The van der Waals surface area contributed by atoms with E-state index >= 15 is 0 Å². The number of aliphatic imine (C=N–C) groups is 1. The number of urea groups is 1. The first-order chi connectivity index (χ1) is 5.97. The molecule has 72 valence electrons. The Morgan fingerprint density at radius 2 is 2.15 bits per heavy atom. The summed E-state index contributed by atoms with van der Waals surface area (Å²) in [7, 11) is -2.58. The molecule has 1 aliphatic rings. The van der Waals surface area contributed by atoms with Crippen LogP contribution in [0.2, 0.25) is 0 Å². The van der Waals surface area contributed by atoms with Crippen LogP contribution in [0.15, 0.2) is 4.99 Å². The number of imide groups is 1. The highest BCUT2D eigenvalue weighted by molar-refractivity contribution is 7.91. The summed E-state index contributed by atoms with van der Waals surface area (Å²) in [6, 6.07) is -0.854. The van der Waals surface area contributed by atoms with Crippen molar-refractivity contribution in [1.82, 2.24) is 10.0 Å². The number of hydrogen-bond donors (Lipinski definition) is 2. The van der Waals surface area contributed by atoms with Gasteiger partial charge in [-0.2, -0.15) is 0 Å². The largest absolute Gasteiger partial charge is 0.347 e. The lowest BCUT2D eigenvalue weighted by atomic mass is 10.4. The van der Waals surface area contributed by atoms with Crippen LogP contribution in [0.5, 0.6) is 0 Å². The highest BCUT2D eigenvalue weighted by Gasteiger charge is 2.33. The number of carbonyl (C=O) groups excluding carboxylic acids is 2. The van der Waals surface area contributed by atoms with Gasteiger partial charge in [-0.25, -0.2) is 22.9 Å². The van der Waals surface area contributed by atoms with E-state index < -0.39 is 27.2 Å². The quantitative estimate of drug-likeness (QED) is 0.556. The number of amides is 3. The molecular formula is C5H7N3O4S. The maximum absolute atomic E-state index is 11.1. The number of carbonyl (C=O) groups is 2. The first kappa shape index (κ1) is 9.81. The highest BCUT2D eigenvalue weighted by Crippen LogP contribution is 2.00. The Morgan fingerprint density at radius 3 is 2.62 bits per heavy atom. The molecule has 0 radical (unpaired) electrons. The van der Waals surface area contributed by atoms with Gasteiger partial charge in [0, 0.05) is 6.21 Å². The number of hydrogen-bond acceptors (Lipinski definition) is 4. The minimum atomic E-state index is -3.76. The third-order valence-corrected chi connectivity index (χ3v) is 3.01. The zero-order valence-corrected chi connectivity index (χ0v) is 7.46. The molecule has 1 aliphatic heterocycles. The van der Waals surface area contributed by atoms with Gasteiger partial charge in [-0.15, -0.1) is 0 Å². The molecule has 0 fully saturated rings. The van der Waals surface area contributed by atoms with Crippen molar-refractivity contribution >= 4 is 28.2 Å². The maximum atomic E-state index is 11.1. The molecule has 0 spiro atoms. The van der Waals surface area contributed by atoms with E-state index in [-0.39, 0.29) is 0 Å². The number of nitrogens with zero attached hydrogens (tertiary/aromatic N) is 1. The van der Waals surface area contributed by atoms with Crippen LogP contribution >= 0.6 is 0 Å². The lowest BCUT2D eigenvalue weighted by Gasteiger charge is -2.14. The van der Waals surface area contributed by atoms with Crippen LogP contribution in [-0.4, -0.2) is 38.9 Å². The zero-order valence-electron chi connectivity index (χ0n) is 6.64. The molecule has 0 aromatic rings. The average molecular weight is 205 g/mol. The predicted molar refractivity (Wildman–Crippen MR) is 43.8 cm³/mol. The van der Waals surface area contributed by atoms with E-state index in [4.69, 9.17) is 0 Å². The molecule has 8 heteroatoms. The van der Waals surface area contributed by atoms with Crippen molar-refractivity contribution in [2.75, 3.05) is 7.05 Å². The fraction of sp³-hybridized carbons (Fsp3) is 0.400. The van der Waals surface area contributed by atoms with Crippen LogP contribution in [0, 0.1) is 0 Å². The first-order valence-electron chi connectivity index (χ1n) is 3.29. The predicted octanol–water partition coefficient (Wildman–Crippen LogP) is -1.78. The Kier molecular flexibility index (Phi) is 2.43. The molecule has 0 aliphatic carbocycles. The molecule has 0 saturated heterocycles. The Morgan fingerprint density at radius 1 is 1.54 bits per heavy atom. The molecule has 1 rings (SSSR count). The van der Waals surface area contributed by atoms with E-state index in [0.29, 0.717) is 0 Å². The monoisotopic (exact) mass is 205 g/mol. The van der Waals surface area contributed by atoms with E-state index in [2.05, 4.69) is 4.99 Å². The smallest absolute Gasteiger partial charge is 0.275 e. The van der Waals surface area contributed by atoms with Crippen LogP contribution < -0.4 is 10.0 Å². The van der Waals surface area contributed by atoms with Crippen LogP contribution in [0.25, 0.3) is 0 Å². The second-order valence-electron chi connectivity index (χ2n) is 2.24. The second kappa shape index (κ2) is 3.23. The third kappa shape index (κ3) is 1.90. The topological polar surface area (TPSA) is 105 Å². The molecular weight excluding hydrogens is 198 g/mol. The second-order valence-corrected chi connectivity index (χ2v) is 4.25. The summed E-state index contributed by atoms with van der Waals surface area (Å²) in [5, 5.41) is 0.340. The molecule has 0 aromatic carbocycles. The van der Waals surface area contributed by atoms with Gasteiger partial charge in [-0.1, -0.05) is 0 Å². The Balaban J connectivity index is 3.02. The Labute approximate surface area is 74.3 Å². The normalized spacial score (nSPS) is 23.0. The van der Waals surface area contributed by atoms with E-state index in [9.17, 15) is 18.0 Å². The van der Waals surface area contributed by atoms with Crippen molar-refractivity contribution in [3.63, 3.8) is 0 Å². The van der Waals surface area contributed by atoms with Gasteiger partial charge in [0.05, 0.1) is 0 Å². The molecule has 1 atom stereocenters. The van der Waals surface area contributed by atoms with Crippen molar-refractivity contribution in [2.45, 2.75) is 5.25 Å². The fourth-order valence-corrected chi connectivity index (χ4v) is 1.58. The summed E-state index contributed by atoms with van der Waals surface area (Å²) in [5.41, 5.74) is 0. The van der Waals surface area contributed by atoms with Crippen molar-refractivity contribution in [2.24, 2.45) is 4.99 Å². The first-order valence-corrected chi connectivity index (χ1v) is 4.83. The Bertz CT molecular complexity index is 371. The zero-order chi connectivity index (χ0) is 10.1. The highest BCUT2D eigenvalue weighted by atomic mass is 32.2. The Hall–Kier alpha value is -1.28. The molecule has 0 saturated carbocycles. The van der Waals surface area contributed by atoms with Gasteiger partial charge in [0.1, 0.15) is 0 Å². The lowest BCUT2D eigenvalue weighted by molar-refractivity contribution is -0.118. The molecule has 7 nitrogen and oxygen atoms in total. The summed E-state index contributed by atoms with van der Waals surface area (Å²) < 4.78 is 24.2. The van der Waals surface area contributed by atoms with Gasteiger partial charge in [0.15, 0.2) is 5.25 Å². The molecule has 1 unspecified atom stereocenters. The molecule has 2 N–H and O–H groups in total. The van der Waals surface area contributed by atoms with E-state index in [1.54, 1.807) is 5.32 Å². The van der Waals surface area contributed by atoms with Gasteiger partial charge in [0.25, 0.3) is 5.91 Å². The standard InChI is InChI=1S/C5H7N3O4S/c1-6-13(11,12)3-2-7-5(10)8-4(3)9/h2-3,6H,1H3,(H,8,9,10). The summed E-state index contributed by atoms with van der Waals surface area (Å²) in [5.74, 6) is -0.894. The fourth-order valence-electron chi connectivity index (χ4n) is 0.760.